The van der Waals surface area contributed by atoms with Gasteiger partial charge >= 0.3 is 17.9 Å². The van der Waals surface area contributed by atoms with Crippen LogP contribution in [-0.4, -0.2) is 62.3 Å². The predicted octanol–water partition coefficient (Wildman–Crippen LogP) is 2.81. The third kappa shape index (κ3) is 7.69. The SMILES string of the molecule is COc1ccc(OC2O[C@H](COC(C)=O)[C@@H](OC(C)=O)[C@H](OCc3ccccc3)[C@H]2OC(C)=O)cc1. The van der Waals surface area contributed by atoms with Crippen molar-refractivity contribution in [1.82, 2.24) is 0 Å². The number of carbonyl (C=O) groups excluding carboxylic acids is 3. The Morgan fingerprint density at radius 1 is 0.778 bits per heavy atom. The molecule has 0 amide bonds. The number of benzene rings is 2. The van der Waals surface area contributed by atoms with Crippen molar-refractivity contribution in [3.8, 4) is 11.5 Å². The summed E-state index contributed by atoms with van der Waals surface area (Å²) in [6.45, 7) is 3.60. The highest BCUT2D eigenvalue weighted by atomic mass is 16.7. The van der Waals surface area contributed by atoms with E-state index < -0.39 is 48.6 Å². The minimum atomic E-state index is -1.17. The molecule has 10 nitrogen and oxygen atoms in total. The van der Waals surface area contributed by atoms with Gasteiger partial charge in [0, 0.05) is 20.8 Å². The van der Waals surface area contributed by atoms with Crippen LogP contribution in [0.25, 0.3) is 0 Å². The van der Waals surface area contributed by atoms with Crippen molar-refractivity contribution in [2.75, 3.05) is 13.7 Å². The molecule has 0 aromatic heterocycles. The summed E-state index contributed by atoms with van der Waals surface area (Å²) in [4.78, 5) is 35.6. The molecule has 0 N–H and O–H groups in total. The largest absolute Gasteiger partial charge is 0.497 e. The Morgan fingerprint density at radius 2 is 1.39 bits per heavy atom. The van der Waals surface area contributed by atoms with Gasteiger partial charge in [-0.15, -0.1) is 0 Å². The molecule has 1 fully saturated rings. The van der Waals surface area contributed by atoms with E-state index in [-0.39, 0.29) is 13.2 Å². The second-order valence-electron chi connectivity index (χ2n) is 8.05. The minimum Gasteiger partial charge on any atom is -0.497 e. The first-order chi connectivity index (χ1) is 17.3. The highest BCUT2D eigenvalue weighted by Crippen LogP contribution is 2.31. The standard InChI is InChI=1S/C26H30O10/c1-16(27)31-15-22-23(33-17(2)28)24(32-14-19-8-6-5-7-9-19)25(34-18(3)29)26(36-22)35-21-12-10-20(30-4)11-13-21/h5-13,22-26H,14-15H2,1-4H3/t22-,23-,24+,25-,26?/m1/s1. The van der Waals surface area contributed by atoms with E-state index in [9.17, 15) is 14.4 Å². The fraction of sp³-hybridized carbons (Fsp3) is 0.423. The maximum Gasteiger partial charge on any atom is 0.303 e. The first kappa shape index (κ1) is 27.0. The Hall–Kier alpha value is -3.63. The van der Waals surface area contributed by atoms with Crippen LogP contribution in [0.4, 0.5) is 0 Å². The highest BCUT2D eigenvalue weighted by molar-refractivity contribution is 5.67. The van der Waals surface area contributed by atoms with Gasteiger partial charge < -0.3 is 33.2 Å². The maximum absolute atomic E-state index is 12.1. The van der Waals surface area contributed by atoms with Gasteiger partial charge in [0.15, 0.2) is 12.2 Å². The van der Waals surface area contributed by atoms with Gasteiger partial charge in [-0.1, -0.05) is 30.3 Å². The van der Waals surface area contributed by atoms with Gasteiger partial charge in [-0.25, -0.2) is 0 Å². The number of ether oxygens (including phenoxy) is 7. The summed E-state index contributed by atoms with van der Waals surface area (Å²) in [6.07, 6.45) is -5.32. The van der Waals surface area contributed by atoms with Gasteiger partial charge in [-0.2, -0.15) is 0 Å². The van der Waals surface area contributed by atoms with E-state index >= 15 is 0 Å². The lowest BCUT2D eigenvalue weighted by Crippen LogP contribution is -2.63. The molecule has 3 rings (SSSR count). The van der Waals surface area contributed by atoms with E-state index in [2.05, 4.69) is 0 Å². The van der Waals surface area contributed by atoms with Crippen molar-refractivity contribution in [2.45, 2.75) is 58.1 Å². The Kier molecular flexibility index (Phi) is 9.66. The van der Waals surface area contributed by atoms with Crippen molar-refractivity contribution in [1.29, 1.82) is 0 Å². The van der Waals surface area contributed by atoms with Crippen molar-refractivity contribution < 1.29 is 47.5 Å². The lowest BCUT2D eigenvalue weighted by molar-refractivity contribution is -0.294. The Morgan fingerprint density at radius 3 is 1.97 bits per heavy atom. The van der Waals surface area contributed by atoms with Crippen LogP contribution < -0.4 is 9.47 Å². The number of hydrogen-bond acceptors (Lipinski definition) is 10. The van der Waals surface area contributed by atoms with Crippen LogP contribution in [0.3, 0.4) is 0 Å². The maximum atomic E-state index is 12.1. The quantitative estimate of drug-likeness (QED) is 0.355. The molecular weight excluding hydrogens is 472 g/mol. The van der Waals surface area contributed by atoms with Gasteiger partial charge in [0.25, 0.3) is 0 Å². The smallest absolute Gasteiger partial charge is 0.303 e. The molecule has 0 aliphatic carbocycles. The fourth-order valence-electron chi connectivity index (χ4n) is 3.70. The van der Waals surface area contributed by atoms with Gasteiger partial charge in [-0.05, 0) is 29.8 Å². The van der Waals surface area contributed by atoms with Crippen molar-refractivity contribution >= 4 is 17.9 Å². The summed E-state index contributed by atoms with van der Waals surface area (Å²) < 4.78 is 39.7. The van der Waals surface area contributed by atoms with E-state index in [4.69, 9.17) is 33.2 Å². The van der Waals surface area contributed by atoms with Gasteiger partial charge in [-0.3, -0.25) is 14.4 Å². The van der Waals surface area contributed by atoms with E-state index in [1.165, 1.54) is 20.8 Å². The monoisotopic (exact) mass is 502 g/mol. The fourth-order valence-corrected chi connectivity index (χ4v) is 3.70. The number of esters is 3. The second kappa shape index (κ2) is 12.9. The molecule has 5 atom stereocenters. The number of rotatable bonds is 10. The van der Waals surface area contributed by atoms with Crippen LogP contribution in [0.1, 0.15) is 26.3 Å². The summed E-state index contributed by atoms with van der Waals surface area (Å²) in [5, 5.41) is 0. The van der Waals surface area contributed by atoms with Crippen LogP contribution in [0, 0.1) is 0 Å². The van der Waals surface area contributed by atoms with Gasteiger partial charge in [0.1, 0.15) is 30.3 Å². The lowest BCUT2D eigenvalue weighted by Gasteiger charge is -2.44. The zero-order chi connectivity index (χ0) is 26.1. The zero-order valence-electron chi connectivity index (χ0n) is 20.6. The summed E-state index contributed by atoms with van der Waals surface area (Å²) in [5.74, 6) is -0.746. The minimum absolute atomic E-state index is 0.122. The molecule has 1 aliphatic rings. The molecule has 36 heavy (non-hydrogen) atoms. The topological polar surface area (TPSA) is 116 Å². The van der Waals surface area contributed by atoms with E-state index in [1.54, 1.807) is 31.4 Å². The molecule has 0 bridgehead atoms. The van der Waals surface area contributed by atoms with Crippen molar-refractivity contribution in [3.05, 3.63) is 60.2 Å². The van der Waals surface area contributed by atoms with Crippen molar-refractivity contribution in [2.24, 2.45) is 0 Å². The Bertz CT molecular complexity index is 1010. The Balaban J connectivity index is 1.95. The van der Waals surface area contributed by atoms with Crippen LogP contribution in [0.15, 0.2) is 54.6 Å². The molecule has 1 aliphatic heterocycles. The van der Waals surface area contributed by atoms with Crippen LogP contribution in [0.5, 0.6) is 11.5 Å². The molecule has 194 valence electrons. The zero-order valence-corrected chi connectivity index (χ0v) is 20.6. The second-order valence-corrected chi connectivity index (χ2v) is 8.05. The average molecular weight is 503 g/mol. The van der Waals surface area contributed by atoms with E-state index in [0.717, 1.165) is 5.56 Å². The molecule has 10 heteroatoms. The number of methoxy groups -OCH3 is 1. The predicted molar refractivity (Wildman–Crippen MR) is 125 cm³/mol. The van der Waals surface area contributed by atoms with Crippen LogP contribution >= 0.6 is 0 Å². The Labute approximate surface area is 209 Å². The van der Waals surface area contributed by atoms with E-state index in [1.807, 2.05) is 30.3 Å². The normalized spacial score (nSPS) is 23.3. The molecule has 1 heterocycles. The molecule has 0 spiro atoms. The van der Waals surface area contributed by atoms with Gasteiger partial charge in [0.2, 0.25) is 6.29 Å². The molecule has 1 unspecified atom stereocenters. The molecule has 2 aromatic carbocycles. The third-order valence-electron chi connectivity index (χ3n) is 5.24. The molecule has 0 radical (unpaired) electrons. The van der Waals surface area contributed by atoms with E-state index in [0.29, 0.717) is 11.5 Å². The lowest BCUT2D eigenvalue weighted by atomic mass is 9.98. The highest BCUT2D eigenvalue weighted by Gasteiger charge is 2.52. The average Bonchev–Trinajstić information content (AvgIpc) is 2.84. The molecule has 1 saturated heterocycles. The summed E-state index contributed by atoms with van der Waals surface area (Å²) in [5.41, 5.74) is 0.844. The first-order valence-corrected chi connectivity index (χ1v) is 11.4. The molecule has 0 saturated carbocycles. The third-order valence-corrected chi connectivity index (χ3v) is 5.24. The number of carbonyl (C=O) groups is 3. The molecule has 2 aromatic rings. The van der Waals surface area contributed by atoms with Gasteiger partial charge in [0.05, 0.1) is 13.7 Å². The number of hydrogen-bond donors (Lipinski definition) is 0. The van der Waals surface area contributed by atoms with Crippen LogP contribution in [0.2, 0.25) is 0 Å². The summed E-state index contributed by atoms with van der Waals surface area (Å²) in [6, 6.07) is 16.0. The summed E-state index contributed by atoms with van der Waals surface area (Å²) in [7, 11) is 1.54. The molecular formula is C26H30O10. The first-order valence-electron chi connectivity index (χ1n) is 11.4. The van der Waals surface area contributed by atoms with Crippen molar-refractivity contribution in [3.63, 3.8) is 0 Å². The van der Waals surface area contributed by atoms with Crippen LogP contribution in [-0.2, 0) is 44.7 Å². The summed E-state index contributed by atoms with van der Waals surface area (Å²) >= 11 is 0.